The highest BCUT2D eigenvalue weighted by Gasteiger charge is 2.40. The molecule has 0 aliphatic carbocycles. The zero-order chi connectivity index (χ0) is 15.2. The van der Waals surface area contributed by atoms with E-state index in [0.717, 1.165) is 5.56 Å². The lowest BCUT2D eigenvalue weighted by molar-refractivity contribution is -0.136. The fourth-order valence-corrected chi connectivity index (χ4v) is 1.54. The molecule has 1 aromatic rings. The molecule has 0 spiro atoms. The minimum Gasteiger partial charge on any atom is -0.350 e. The molecule has 0 aliphatic rings. The van der Waals surface area contributed by atoms with E-state index in [0.29, 0.717) is 0 Å². The number of carbonyl (C=O) groups excluding carboxylic acids is 1. The van der Waals surface area contributed by atoms with Crippen LogP contribution in [0.2, 0.25) is 0 Å². The van der Waals surface area contributed by atoms with E-state index in [1.165, 1.54) is 0 Å². The van der Waals surface area contributed by atoms with Gasteiger partial charge in [-0.25, -0.2) is 8.78 Å². The fraction of sp³-hybridized carbons (Fsp3) is 0.462. The Hall–Kier alpha value is -1.63. The highest BCUT2D eigenvalue weighted by Crippen LogP contribution is 2.21. The summed E-state index contributed by atoms with van der Waals surface area (Å²) in [5.74, 6) is -4.94. The molecule has 1 unspecified atom stereocenters. The molecule has 1 amide bonds. The summed E-state index contributed by atoms with van der Waals surface area (Å²) in [4.78, 5) is 11.3. The topological polar surface area (TPSA) is 55.1 Å². The van der Waals surface area contributed by atoms with E-state index in [9.17, 15) is 22.4 Å². The maximum atomic E-state index is 12.6. The van der Waals surface area contributed by atoms with Crippen LogP contribution in [-0.2, 0) is 4.79 Å². The smallest absolute Gasteiger partial charge is 0.324 e. The third kappa shape index (κ3) is 5.16. The number of amides is 1. The van der Waals surface area contributed by atoms with Crippen molar-refractivity contribution in [1.82, 2.24) is 5.32 Å². The summed E-state index contributed by atoms with van der Waals surface area (Å²) in [6.07, 6.45) is -3.65. The molecule has 3 nitrogen and oxygen atoms in total. The molecule has 1 aromatic carbocycles. The molecular weight excluding hydrogens is 276 g/mol. The molecular formula is C13H16F4N2O. The number of hydrogen-bond donors (Lipinski definition) is 2. The summed E-state index contributed by atoms with van der Waals surface area (Å²) in [6.45, 7) is -1.37. The normalized spacial score (nSPS) is 13.3. The van der Waals surface area contributed by atoms with Crippen molar-refractivity contribution in [3.05, 3.63) is 35.9 Å². The Bertz CT molecular complexity index is 426. The molecule has 1 atom stereocenters. The lowest BCUT2D eigenvalue weighted by Gasteiger charge is -2.16. The Labute approximate surface area is 114 Å². The Morgan fingerprint density at radius 1 is 1.25 bits per heavy atom. The summed E-state index contributed by atoms with van der Waals surface area (Å²) in [6, 6.07) is 8.56. The number of benzene rings is 1. The lowest BCUT2D eigenvalue weighted by Crippen LogP contribution is -2.41. The Morgan fingerprint density at radius 2 is 1.85 bits per heavy atom. The van der Waals surface area contributed by atoms with Gasteiger partial charge in [-0.15, -0.1) is 0 Å². The van der Waals surface area contributed by atoms with Crippen molar-refractivity contribution in [1.29, 1.82) is 0 Å². The molecule has 0 aromatic heterocycles. The molecule has 0 saturated heterocycles. The van der Waals surface area contributed by atoms with Crippen LogP contribution in [0.5, 0.6) is 0 Å². The number of hydrogen-bond acceptors (Lipinski definition) is 2. The van der Waals surface area contributed by atoms with Gasteiger partial charge >= 0.3 is 12.3 Å². The van der Waals surface area contributed by atoms with Crippen molar-refractivity contribution in [2.24, 2.45) is 5.73 Å². The first-order chi connectivity index (χ1) is 9.33. The largest absolute Gasteiger partial charge is 0.350 e. The average Bonchev–Trinajstić information content (AvgIpc) is 2.43. The number of nitrogens with one attached hydrogen (secondary N) is 1. The zero-order valence-corrected chi connectivity index (χ0v) is 10.7. The van der Waals surface area contributed by atoms with Gasteiger partial charge in [0, 0.05) is 12.5 Å². The molecule has 0 radical (unpaired) electrons. The van der Waals surface area contributed by atoms with Gasteiger partial charge in [0.1, 0.15) is 0 Å². The van der Waals surface area contributed by atoms with Crippen LogP contribution in [0.3, 0.4) is 0 Å². The second-order valence-electron chi connectivity index (χ2n) is 4.39. The first kappa shape index (κ1) is 16.4. The van der Waals surface area contributed by atoms with E-state index in [2.05, 4.69) is 0 Å². The summed E-state index contributed by atoms with van der Waals surface area (Å²) in [5, 5.41) is 1.79. The Kier molecular flexibility index (Phi) is 5.94. The maximum Gasteiger partial charge on any atom is 0.324 e. The number of carbonyl (C=O) groups is 1. The second kappa shape index (κ2) is 7.23. The third-order valence-corrected chi connectivity index (χ3v) is 2.75. The average molecular weight is 292 g/mol. The van der Waals surface area contributed by atoms with Gasteiger partial charge in [-0.2, -0.15) is 8.78 Å². The van der Waals surface area contributed by atoms with Crippen molar-refractivity contribution >= 4 is 5.91 Å². The van der Waals surface area contributed by atoms with E-state index in [4.69, 9.17) is 5.73 Å². The predicted octanol–water partition coefficient (Wildman–Crippen LogP) is 2.48. The molecule has 0 saturated carbocycles. The van der Waals surface area contributed by atoms with Crippen molar-refractivity contribution in [2.75, 3.05) is 6.54 Å². The minimum absolute atomic E-state index is 0.102. The van der Waals surface area contributed by atoms with E-state index in [1.54, 1.807) is 29.6 Å². The molecule has 7 heteroatoms. The van der Waals surface area contributed by atoms with Gasteiger partial charge in [-0.3, -0.25) is 4.79 Å². The molecule has 0 fully saturated rings. The summed E-state index contributed by atoms with van der Waals surface area (Å²) >= 11 is 0. The molecule has 20 heavy (non-hydrogen) atoms. The predicted molar refractivity (Wildman–Crippen MR) is 66.6 cm³/mol. The quantitative estimate of drug-likeness (QED) is 0.759. The van der Waals surface area contributed by atoms with E-state index in [-0.39, 0.29) is 12.8 Å². The fourth-order valence-electron chi connectivity index (χ4n) is 1.54. The van der Waals surface area contributed by atoms with Crippen LogP contribution in [-0.4, -0.2) is 24.8 Å². The van der Waals surface area contributed by atoms with Crippen molar-refractivity contribution in [3.8, 4) is 0 Å². The first-order valence-corrected chi connectivity index (χ1v) is 6.06. The van der Waals surface area contributed by atoms with Crippen LogP contribution in [0, 0.1) is 0 Å². The minimum atomic E-state index is -4.21. The van der Waals surface area contributed by atoms with Gasteiger partial charge in [0.15, 0.2) is 0 Å². The van der Waals surface area contributed by atoms with Crippen LogP contribution in [0.1, 0.15) is 24.4 Å². The van der Waals surface area contributed by atoms with Crippen molar-refractivity contribution < 1.29 is 22.4 Å². The molecule has 1 rings (SSSR count). The number of halogens is 4. The van der Waals surface area contributed by atoms with Gasteiger partial charge < -0.3 is 11.1 Å². The number of alkyl halides is 4. The highest BCUT2D eigenvalue weighted by molar-refractivity contribution is 5.75. The third-order valence-electron chi connectivity index (χ3n) is 2.75. The van der Waals surface area contributed by atoms with Crippen molar-refractivity contribution in [2.45, 2.75) is 31.2 Å². The van der Waals surface area contributed by atoms with Crippen LogP contribution in [0.15, 0.2) is 30.3 Å². The molecule has 112 valence electrons. The summed E-state index contributed by atoms with van der Waals surface area (Å²) < 4.78 is 48.9. The molecule has 0 heterocycles. The van der Waals surface area contributed by atoms with E-state index >= 15 is 0 Å². The van der Waals surface area contributed by atoms with E-state index < -0.39 is 30.8 Å². The SMILES string of the molecule is NC(CCC(=O)NCC(F)(F)C(F)F)c1ccccc1. The molecule has 0 bridgehead atoms. The lowest BCUT2D eigenvalue weighted by atomic mass is 10.0. The van der Waals surface area contributed by atoms with Crippen LogP contribution >= 0.6 is 0 Å². The Morgan fingerprint density at radius 3 is 2.40 bits per heavy atom. The summed E-state index contributed by atoms with van der Waals surface area (Å²) in [5.41, 5.74) is 6.64. The maximum absolute atomic E-state index is 12.6. The van der Waals surface area contributed by atoms with Gasteiger partial charge in [0.2, 0.25) is 5.91 Å². The van der Waals surface area contributed by atoms with Gasteiger partial charge in [-0.05, 0) is 12.0 Å². The van der Waals surface area contributed by atoms with Crippen LogP contribution < -0.4 is 11.1 Å². The monoisotopic (exact) mass is 292 g/mol. The molecule has 3 N–H and O–H groups in total. The van der Waals surface area contributed by atoms with Gasteiger partial charge in [0.05, 0.1) is 6.54 Å². The van der Waals surface area contributed by atoms with Crippen LogP contribution in [0.25, 0.3) is 0 Å². The standard InChI is InChI=1S/C13H16F4N2O/c14-12(15)13(16,17)8-19-11(20)7-6-10(18)9-4-2-1-3-5-9/h1-5,10,12H,6-8,18H2,(H,19,20). The van der Waals surface area contributed by atoms with Crippen LogP contribution in [0.4, 0.5) is 17.6 Å². The number of rotatable bonds is 7. The second-order valence-corrected chi connectivity index (χ2v) is 4.39. The van der Waals surface area contributed by atoms with Crippen molar-refractivity contribution in [3.63, 3.8) is 0 Å². The number of nitrogens with two attached hydrogens (primary N) is 1. The van der Waals surface area contributed by atoms with E-state index in [1.807, 2.05) is 6.07 Å². The first-order valence-electron chi connectivity index (χ1n) is 6.06. The van der Waals surface area contributed by atoms with Gasteiger partial charge in [0.25, 0.3) is 0 Å². The Balaban J connectivity index is 2.34. The zero-order valence-electron chi connectivity index (χ0n) is 10.7. The molecule has 0 aliphatic heterocycles. The summed E-state index contributed by atoms with van der Waals surface area (Å²) in [7, 11) is 0. The highest BCUT2D eigenvalue weighted by atomic mass is 19.3. The van der Waals surface area contributed by atoms with Gasteiger partial charge in [-0.1, -0.05) is 30.3 Å².